The second kappa shape index (κ2) is 8.52. The van der Waals surface area contributed by atoms with Crippen LogP contribution < -0.4 is 10.6 Å². The number of aliphatic carboxylic acids is 1. The first kappa shape index (κ1) is 19.4. The number of aryl methyl sites for hydroxylation is 1. The van der Waals surface area contributed by atoms with E-state index >= 15 is 0 Å². The Morgan fingerprint density at radius 2 is 1.79 bits per heavy atom. The highest BCUT2D eigenvalue weighted by molar-refractivity contribution is 6.00. The minimum absolute atomic E-state index is 0.114. The fraction of sp³-hybridized carbons (Fsp3) is 0.182. The van der Waals surface area contributed by atoms with Gasteiger partial charge in [0.25, 0.3) is 5.91 Å². The molecule has 1 atom stereocenters. The fourth-order valence-corrected chi connectivity index (χ4v) is 3.03. The van der Waals surface area contributed by atoms with E-state index in [0.29, 0.717) is 11.3 Å². The van der Waals surface area contributed by atoms with Crippen LogP contribution in [0.1, 0.15) is 22.3 Å². The molecule has 0 saturated heterocycles. The lowest BCUT2D eigenvalue weighted by molar-refractivity contribution is -0.139. The number of rotatable bonds is 7. The summed E-state index contributed by atoms with van der Waals surface area (Å²) >= 11 is 0. The van der Waals surface area contributed by atoms with E-state index in [1.165, 1.54) is 6.07 Å². The second-order valence-electron chi connectivity index (χ2n) is 6.57. The molecule has 0 heterocycles. The van der Waals surface area contributed by atoms with Crippen molar-refractivity contribution in [2.24, 2.45) is 0 Å². The number of para-hydroxylation sites is 1. The van der Waals surface area contributed by atoms with Crippen LogP contribution in [-0.2, 0) is 4.79 Å². The number of anilines is 1. The number of hydrogen-bond donors (Lipinski definition) is 3. The van der Waals surface area contributed by atoms with Crippen LogP contribution in [0.5, 0.6) is 0 Å². The predicted molar refractivity (Wildman–Crippen MR) is 107 cm³/mol. The summed E-state index contributed by atoms with van der Waals surface area (Å²) < 4.78 is 13.8. The minimum atomic E-state index is -1.14. The van der Waals surface area contributed by atoms with Crippen molar-refractivity contribution in [2.45, 2.75) is 19.4 Å². The fourth-order valence-electron chi connectivity index (χ4n) is 3.03. The molecule has 0 radical (unpaired) electrons. The SMILES string of the molecule is Cc1cccc(F)c1NCCC(NC(=O)c1ccc2ccccc2c1)C(=O)O. The monoisotopic (exact) mass is 380 g/mol. The molecule has 0 bridgehead atoms. The van der Waals surface area contributed by atoms with Crippen LogP contribution in [-0.4, -0.2) is 29.6 Å². The van der Waals surface area contributed by atoms with E-state index in [0.717, 1.165) is 16.3 Å². The summed E-state index contributed by atoms with van der Waals surface area (Å²) in [6.07, 6.45) is 0.114. The van der Waals surface area contributed by atoms with Gasteiger partial charge in [-0.05, 0) is 47.9 Å². The second-order valence-corrected chi connectivity index (χ2v) is 6.57. The molecule has 3 rings (SSSR count). The molecule has 0 aromatic heterocycles. The van der Waals surface area contributed by atoms with Crippen LogP contribution in [0.15, 0.2) is 60.7 Å². The quantitative estimate of drug-likeness (QED) is 0.579. The Hall–Kier alpha value is -3.41. The number of carboxylic acid groups (broad SMARTS) is 1. The maximum absolute atomic E-state index is 13.8. The molecule has 1 amide bonds. The van der Waals surface area contributed by atoms with Gasteiger partial charge in [-0.25, -0.2) is 9.18 Å². The first-order chi connectivity index (χ1) is 13.5. The number of carbonyl (C=O) groups excluding carboxylic acids is 1. The van der Waals surface area contributed by atoms with E-state index in [1.54, 1.807) is 31.2 Å². The van der Waals surface area contributed by atoms with Gasteiger partial charge in [-0.1, -0.05) is 42.5 Å². The minimum Gasteiger partial charge on any atom is -0.480 e. The van der Waals surface area contributed by atoms with Gasteiger partial charge in [0.15, 0.2) is 0 Å². The van der Waals surface area contributed by atoms with Gasteiger partial charge in [0.05, 0.1) is 5.69 Å². The number of amides is 1. The van der Waals surface area contributed by atoms with Crippen molar-refractivity contribution in [3.8, 4) is 0 Å². The van der Waals surface area contributed by atoms with Gasteiger partial charge in [-0.15, -0.1) is 0 Å². The number of fused-ring (bicyclic) bond motifs is 1. The zero-order chi connectivity index (χ0) is 20.1. The van der Waals surface area contributed by atoms with Gasteiger partial charge >= 0.3 is 5.97 Å². The first-order valence-corrected chi connectivity index (χ1v) is 8.97. The Morgan fingerprint density at radius 1 is 1.04 bits per heavy atom. The molecule has 3 aromatic carbocycles. The molecule has 3 N–H and O–H groups in total. The molecular formula is C22H21FN2O3. The zero-order valence-corrected chi connectivity index (χ0v) is 15.4. The Labute approximate surface area is 162 Å². The highest BCUT2D eigenvalue weighted by Gasteiger charge is 2.20. The molecule has 28 heavy (non-hydrogen) atoms. The standard InChI is InChI=1S/C22H21FN2O3/c1-14-5-4-8-18(23)20(14)24-12-11-19(22(27)28)25-21(26)17-10-9-15-6-2-3-7-16(15)13-17/h2-10,13,19,24H,11-12H2,1H3,(H,25,26)(H,27,28). The highest BCUT2D eigenvalue weighted by atomic mass is 19.1. The summed E-state index contributed by atoms with van der Waals surface area (Å²) in [6, 6.07) is 16.5. The molecule has 0 saturated carbocycles. The summed E-state index contributed by atoms with van der Waals surface area (Å²) in [5, 5.41) is 16.8. The Kier molecular flexibility index (Phi) is 5.89. The molecule has 0 aliphatic carbocycles. The molecule has 6 heteroatoms. The molecule has 144 valence electrons. The number of benzene rings is 3. The van der Waals surface area contributed by atoms with Crippen LogP contribution >= 0.6 is 0 Å². The van der Waals surface area contributed by atoms with E-state index in [-0.39, 0.29) is 13.0 Å². The van der Waals surface area contributed by atoms with Crippen molar-refractivity contribution in [1.82, 2.24) is 5.32 Å². The normalized spacial score (nSPS) is 11.8. The summed E-state index contributed by atoms with van der Waals surface area (Å²) in [5.41, 5.74) is 1.46. The van der Waals surface area contributed by atoms with E-state index in [4.69, 9.17) is 0 Å². The lowest BCUT2D eigenvalue weighted by atomic mass is 10.1. The van der Waals surface area contributed by atoms with Gasteiger partial charge in [0.2, 0.25) is 0 Å². The topological polar surface area (TPSA) is 78.4 Å². The molecule has 3 aromatic rings. The van der Waals surface area contributed by atoms with Crippen molar-refractivity contribution >= 4 is 28.3 Å². The van der Waals surface area contributed by atoms with Crippen molar-refractivity contribution < 1.29 is 19.1 Å². The van der Waals surface area contributed by atoms with Gasteiger partial charge < -0.3 is 15.7 Å². The maximum atomic E-state index is 13.8. The number of carbonyl (C=O) groups is 2. The average Bonchev–Trinajstić information content (AvgIpc) is 2.68. The number of hydrogen-bond acceptors (Lipinski definition) is 3. The van der Waals surface area contributed by atoms with Crippen LogP contribution in [0.3, 0.4) is 0 Å². The third-order valence-electron chi connectivity index (χ3n) is 4.57. The van der Waals surface area contributed by atoms with Crippen molar-refractivity contribution in [3.63, 3.8) is 0 Å². The van der Waals surface area contributed by atoms with Crippen LogP contribution in [0.4, 0.5) is 10.1 Å². The van der Waals surface area contributed by atoms with Gasteiger partial charge in [-0.2, -0.15) is 0 Å². The lowest BCUT2D eigenvalue weighted by Crippen LogP contribution is -2.42. The molecule has 0 aliphatic heterocycles. The third kappa shape index (κ3) is 4.46. The number of nitrogens with one attached hydrogen (secondary N) is 2. The molecule has 1 unspecified atom stereocenters. The van der Waals surface area contributed by atoms with Crippen LogP contribution in [0.25, 0.3) is 10.8 Å². The van der Waals surface area contributed by atoms with Crippen molar-refractivity contribution in [2.75, 3.05) is 11.9 Å². The van der Waals surface area contributed by atoms with Crippen LogP contribution in [0, 0.1) is 12.7 Å². The first-order valence-electron chi connectivity index (χ1n) is 8.97. The van der Waals surface area contributed by atoms with Crippen molar-refractivity contribution in [1.29, 1.82) is 0 Å². The molecule has 0 aliphatic rings. The van der Waals surface area contributed by atoms with E-state index in [9.17, 15) is 19.1 Å². The Morgan fingerprint density at radius 3 is 2.50 bits per heavy atom. The largest absolute Gasteiger partial charge is 0.480 e. The number of halogens is 1. The molecule has 5 nitrogen and oxygen atoms in total. The van der Waals surface area contributed by atoms with E-state index in [2.05, 4.69) is 10.6 Å². The molecule has 0 spiro atoms. The average molecular weight is 380 g/mol. The van der Waals surface area contributed by atoms with Crippen LogP contribution in [0.2, 0.25) is 0 Å². The lowest BCUT2D eigenvalue weighted by Gasteiger charge is -2.16. The summed E-state index contributed by atoms with van der Waals surface area (Å²) in [5.74, 6) is -1.99. The van der Waals surface area contributed by atoms with E-state index in [1.807, 2.05) is 30.3 Å². The van der Waals surface area contributed by atoms with Gasteiger partial charge in [0, 0.05) is 12.1 Å². The third-order valence-corrected chi connectivity index (χ3v) is 4.57. The highest BCUT2D eigenvalue weighted by Crippen LogP contribution is 2.19. The van der Waals surface area contributed by atoms with E-state index < -0.39 is 23.7 Å². The molecular weight excluding hydrogens is 359 g/mol. The smallest absolute Gasteiger partial charge is 0.326 e. The predicted octanol–water partition coefficient (Wildman–Crippen LogP) is 3.97. The van der Waals surface area contributed by atoms with Crippen molar-refractivity contribution in [3.05, 3.63) is 77.6 Å². The Bertz CT molecular complexity index is 999. The number of carboxylic acids is 1. The zero-order valence-electron chi connectivity index (χ0n) is 15.4. The summed E-state index contributed by atoms with van der Waals surface area (Å²) in [6.45, 7) is 1.97. The maximum Gasteiger partial charge on any atom is 0.326 e. The summed E-state index contributed by atoms with van der Waals surface area (Å²) in [7, 11) is 0. The van der Waals surface area contributed by atoms with Gasteiger partial charge in [0.1, 0.15) is 11.9 Å². The van der Waals surface area contributed by atoms with Gasteiger partial charge in [-0.3, -0.25) is 4.79 Å². The summed E-state index contributed by atoms with van der Waals surface area (Å²) in [4.78, 5) is 24.0. The Balaban J connectivity index is 1.65. The molecule has 0 fully saturated rings.